The monoisotopic (exact) mass is 393 g/mol. The van der Waals surface area contributed by atoms with Crippen molar-refractivity contribution in [1.82, 2.24) is 14.7 Å². The van der Waals surface area contributed by atoms with Gasteiger partial charge in [-0.1, -0.05) is 29.8 Å². The van der Waals surface area contributed by atoms with Crippen molar-refractivity contribution in [2.24, 2.45) is 0 Å². The molecule has 0 N–H and O–H groups in total. The zero-order valence-corrected chi connectivity index (χ0v) is 17.3. The predicted molar refractivity (Wildman–Crippen MR) is 106 cm³/mol. The number of likely N-dealkylation sites (tertiary alicyclic amines) is 1. The highest BCUT2D eigenvalue weighted by Crippen LogP contribution is 2.43. The zero-order valence-electron chi connectivity index (χ0n) is 16.5. The van der Waals surface area contributed by atoms with Crippen LogP contribution in [-0.2, 0) is 19.8 Å². The summed E-state index contributed by atoms with van der Waals surface area (Å²) in [6.45, 7) is 5.78. The van der Waals surface area contributed by atoms with E-state index in [0.29, 0.717) is 36.8 Å². The van der Waals surface area contributed by atoms with Gasteiger partial charge >= 0.3 is 0 Å². The van der Waals surface area contributed by atoms with Crippen molar-refractivity contribution in [3.8, 4) is 0 Å². The largest absolute Gasteiger partial charge is 0.343 e. The molecule has 0 saturated carbocycles. The number of hydrogen-bond donors (Lipinski definition) is 0. The van der Waals surface area contributed by atoms with Gasteiger partial charge < -0.3 is 9.80 Å². The molecule has 0 aliphatic carbocycles. The lowest BCUT2D eigenvalue weighted by molar-refractivity contribution is -0.142. The molecule has 1 aliphatic heterocycles. The summed E-state index contributed by atoms with van der Waals surface area (Å²) in [5, 5.41) is 0.403. The standard InChI is InChI=1S/C20H28ClN3O3/c1-5-23(6-2)17(25)13-20(15-9-7-8-10-16(15)21)14-18(26)24(19(20)27)12-11-22(3)4/h7-10H,5-6,11-14H2,1-4H3/t20-/m0/s1. The van der Waals surface area contributed by atoms with Crippen molar-refractivity contribution in [2.45, 2.75) is 32.1 Å². The Morgan fingerprint density at radius 3 is 2.37 bits per heavy atom. The number of likely N-dealkylation sites (N-methyl/N-ethyl adjacent to an activating group) is 1. The molecule has 1 aromatic rings. The number of benzene rings is 1. The summed E-state index contributed by atoms with van der Waals surface area (Å²) < 4.78 is 0. The van der Waals surface area contributed by atoms with E-state index < -0.39 is 5.41 Å². The van der Waals surface area contributed by atoms with Gasteiger partial charge in [0.25, 0.3) is 0 Å². The van der Waals surface area contributed by atoms with Crippen molar-refractivity contribution in [3.63, 3.8) is 0 Å². The normalized spacial score (nSPS) is 19.9. The highest BCUT2D eigenvalue weighted by Gasteiger charge is 2.54. The molecule has 6 nitrogen and oxygen atoms in total. The van der Waals surface area contributed by atoms with Gasteiger partial charge in [0.1, 0.15) is 0 Å². The lowest BCUT2D eigenvalue weighted by Crippen LogP contribution is -2.44. The Bertz CT molecular complexity index is 718. The van der Waals surface area contributed by atoms with Gasteiger partial charge in [-0.05, 0) is 39.6 Å². The second-order valence-corrected chi connectivity index (χ2v) is 7.54. The zero-order chi connectivity index (χ0) is 20.2. The lowest BCUT2D eigenvalue weighted by Gasteiger charge is -2.30. The average Bonchev–Trinajstić information content (AvgIpc) is 2.85. The first-order chi connectivity index (χ1) is 12.8. The summed E-state index contributed by atoms with van der Waals surface area (Å²) in [6, 6.07) is 7.00. The van der Waals surface area contributed by atoms with Crippen LogP contribution in [0.3, 0.4) is 0 Å². The number of amides is 3. The van der Waals surface area contributed by atoms with Crippen LogP contribution in [0.5, 0.6) is 0 Å². The number of rotatable bonds is 8. The number of imide groups is 1. The third-order valence-electron chi connectivity index (χ3n) is 5.14. The summed E-state index contributed by atoms with van der Waals surface area (Å²) in [5.41, 5.74) is -0.681. The first kappa shape index (κ1) is 21.4. The minimum atomic E-state index is -1.23. The quantitative estimate of drug-likeness (QED) is 0.635. The first-order valence-corrected chi connectivity index (χ1v) is 9.67. The molecule has 3 amide bonds. The molecule has 1 fully saturated rings. The van der Waals surface area contributed by atoms with Crippen LogP contribution in [0.25, 0.3) is 0 Å². The van der Waals surface area contributed by atoms with E-state index in [1.165, 1.54) is 4.90 Å². The molecule has 1 heterocycles. The van der Waals surface area contributed by atoms with Crippen LogP contribution in [0.4, 0.5) is 0 Å². The molecule has 7 heteroatoms. The molecule has 2 rings (SSSR count). The summed E-state index contributed by atoms with van der Waals surface area (Å²) in [5.74, 6) is -0.729. The summed E-state index contributed by atoms with van der Waals surface area (Å²) in [4.78, 5) is 43.8. The molecule has 0 radical (unpaired) electrons. The van der Waals surface area contributed by atoms with E-state index in [9.17, 15) is 14.4 Å². The summed E-state index contributed by atoms with van der Waals surface area (Å²) >= 11 is 6.40. The van der Waals surface area contributed by atoms with Crippen LogP contribution >= 0.6 is 11.6 Å². The van der Waals surface area contributed by atoms with Crippen LogP contribution in [-0.4, -0.2) is 72.7 Å². The van der Waals surface area contributed by atoms with E-state index in [1.807, 2.05) is 32.8 Å². The highest BCUT2D eigenvalue weighted by molar-refractivity contribution is 6.32. The molecular formula is C20H28ClN3O3. The van der Waals surface area contributed by atoms with Crippen LogP contribution in [0, 0.1) is 0 Å². The summed E-state index contributed by atoms with van der Waals surface area (Å²) in [6.07, 6.45) is -0.0859. The minimum Gasteiger partial charge on any atom is -0.343 e. The van der Waals surface area contributed by atoms with Gasteiger partial charge in [0, 0.05) is 44.0 Å². The highest BCUT2D eigenvalue weighted by atomic mass is 35.5. The Balaban J connectivity index is 2.46. The van der Waals surface area contributed by atoms with Gasteiger partial charge in [0.15, 0.2) is 0 Å². The van der Waals surface area contributed by atoms with Crippen LogP contribution in [0.1, 0.15) is 32.3 Å². The average molecular weight is 394 g/mol. The van der Waals surface area contributed by atoms with E-state index in [2.05, 4.69) is 0 Å². The number of halogens is 1. The van der Waals surface area contributed by atoms with Crippen molar-refractivity contribution in [3.05, 3.63) is 34.9 Å². The van der Waals surface area contributed by atoms with Gasteiger partial charge in [-0.2, -0.15) is 0 Å². The van der Waals surface area contributed by atoms with Gasteiger partial charge in [-0.3, -0.25) is 19.3 Å². The molecule has 1 atom stereocenters. The molecule has 1 saturated heterocycles. The third kappa shape index (κ3) is 4.33. The fourth-order valence-electron chi connectivity index (χ4n) is 3.57. The SMILES string of the molecule is CCN(CC)C(=O)C[C@@]1(c2ccccc2Cl)CC(=O)N(CCN(C)C)C1=O. The van der Waals surface area contributed by atoms with E-state index in [1.54, 1.807) is 29.2 Å². The van der Waals surface area contributed by atoms with Crippen molar-refractivity contribution in [2.75, 3.05) is 40.3 Å². The van der Waals surface area contributed by atoms with Crippen molar-refractivity contribution >= 4 is 29.3 Å². The maximum absolute atomic E-state index is 13.4. The van der Waals surface area contributed by atoms with Crippen molar-refractivity contribution in [1.29, 1.82) is 0 Å². The Hall–Kier alpha value is -1.92. The number of hydrogen-bond acceptors (Lipinski definition) is 4. The Labute approximate surface area is 166 Å². The van der Waals surface area contributed by atoms with Gasteiger partial charge in [0.05, 0.1) is 5.41 Å². The Morgan fingerprint density at radius 1 is 1.19 bits per heavy atom. The van der Waals surface area contributed by atoms with Gasteiger partial charge in [0.2, 0.25) is 17.7 Å². The van der Waals surface area contributed by atoms with Gasteiger partial charge in [-0.25, -0.2) is 0 Å². The van der Waals surface area contributed by atoms with Crippen LogP contribution < -0.4 is 0 Å². The van der Waals surface area contributed by atoms with Gasteiger partial charge in [-0.15, -0.1) is 0 Å². The Kier molecular flexibility index (Phi) is 7.00. The van der Waals surface area contributed by atoms with Crippen LogP contribution in [0.2, 0.25) is 5.02 Å². The van der Waals surface area contributed by atoms with E-state index in [4.69, 9.17) is 11.6 Å². The molecule has 0 spiro atoms. The number of carbonyl (C=O) groups is 3. The smallest absolute Gasteiger partial charge is 0.240 e. The molecule has 1 aromatic carbocycles. The molecule has 0 aromatic heterocycles. The number of nitrogens with zero attached hydrogens (tertiary/aromatic N) is 3. The van der Waals surface area contributed by atoms with Crippen molar-refractivity contribution < 1.29 is 14.4 Å². The van der Waals surface area contributed by atoms with E-state index in [0.717, 1.165) is 0 Å². The molecular weight excluding hydrogens is 366 g/mol. The van der Waals surface area contributed by atoms with Crippen LogP contribution in [0.15, 0.2) is 24.3 Å². The lowest BCUT2D eigenvalue weighted by atomic mass is 9.75. The maximum atomic E-state index is 13.4. The molecule has 27 heavy (non-hydrogen) atoms. The summed E-state index contributed by atoms with van der Waals surface area (Å²) in [7, 11) is 3.77. The molecule has 0 unspecified atom stereocenters. The Morgan fingerprint density at radius 2 is 1.81 bits per heavy atom. The fourth-order valence-corrected chi connectivity index (χ4v) is 3.88. The van der Waals surface area contributed by atoms with E-state index in [-0.39, 0.29) is 30.6 Å². The second kappa shape index (κ2) is 8.85. The molecule has 148 valence electrons. The number of carbonyl (C=O) groups excluding carboxylic acids is 3. The first-order valence-electron chi connectivity index (χ1n) is 9.29. The fraction of sp³-hybridized carbons (Fsp3) is 0.550. The third-order valence-corrected chi connectivity index (χ3v) is 5.47. The molecule has 1 aliphatic rings. The minimum absolute atomic E-state index is 0.0317. The topological polar surface area (TPSA) is 60.9 Å². The molecule has 0 bridgehead atoms. The second-order valence-electron chi connectivity index (χ2n) is 7.14. The van der Waals surface area contributed by atoms with E-state index >= 15 is 0 Å². The predicted octanol–water partition coefficient (Wildman–Crippen LogP) is 2.16. The maximum Gasteiger partial charge on any atom is 0.240 e.